The molecule has 0 aliphatic heterocycles. The summed E-state index contributed by atoms with van der Waals surface area (Å²) in [6, 6.07) is 4.03. The van der Waals surface area contributed by atoms with Crippen molar-refractivity contribution in [2.24, 2.45) is 15.0 Å². The molecule has 3 heteroatoms. The molecule has 0 saturated carbocycles. The molecule has 0 N–H and O–H groups in total. The van der Waals surface area contributed by atoms with Crippen molar-refractivity contribution >= 4 is 30.0 Å². The Labute approximate surface area is 137 Å². The molecular formula is C20H21N3. The van der Waals surface area contributed by atoms with Gasteiger partial charge in [-0.15, -0.1) is 0 Å². The zero-order valence-corrected chi connectivity index (χ0v) is 13.9. The minimum atomic E-state index is 0.842. The number of allylic oxidation sites excluding steroid dienone is 5. The summed E-state index contributed by atoms with van der Waals surface area (Å²) >= 11 is 0. The molecule has 116 valence electrons. The van der Waals surface area contributed by atoms with Crippen molar-refractivity contribution in [3.05, 3.63) is 71.5 Å². The van der Waals surface area contributed by atoms with Crippen LogP contribution in [0.25, 0.3) is 0 Å². The monoisotopic (exact) mass is 303 g/mol. The third kappa shape index (κ3) is 3.69. The number of nitrogens with zero attached hydrogens (tertiary/aromatic N) is 3. The van der Waals surface area contributed by atoms with E-state index in [0.29, 0.717) is 0 Å². The van der Waals surface area contributed by atoms with Crippen molar-refractivity contribution in [2.75, 3.05) is 0 Å². The van der Waals surface area contributed by atoms with Gasteiger partial charge in [0.1, 0.15) is 0 Å². The fourth-order valence-electron chi connectivity index (χ4n) is 2.31. The van der Waals surface area contributed by atoms with E-state index in [9.17, 15) is 0 Å². The van der Waals surface area contributed by atoms with Crippen LogP contribution in [-0.4, -0.2) is 18.6 Å². The molecule has 23 heavy (non-hydrogen) atoms. The van der Waals surface area contributed by atoms with E-state index in [1.807, 2.05) is 45.1 Å². The molecule has 3 nitrogen and oxygen atoms in total. The van der Waals surface area contributed by atoms with Crippen LogP contribution in [0.3, 0.4) is 0 Å². The minimum absolute atomic E-state index is 0.842. The number of rotatable bonds is 4. The predicted molar refractivity (Wildman–Crippen MR) is 102 cm³/mol. The molecular weight excluding hydrogens is 282 g/mol. The molecule has 1 aliphatic rings. The maximum absolute atomic E-state index is 4.76. The van der Waals surface area contributed by atoms with Gasteiger partial charge in [0.25, 0.3) is 0 Å². The maximum Gasteiger partial charge on any atom is 0.0707 e. The largest absolute Gasteiger partial charge is 0.264 e. The SMILES string of the molecule is C=CC=NC1=CC(=C)/C(=N\c2cc(C)c(N=C)cc2C)C=C1C. The fourth-order valence-corrected chi connectivity index (χ4v) is 2.31. The average molecular weight is 303 g/mol. The van der Waals surface area contributed by atoms with Gasteiger partial charge < -0.3 is 0 Å². The van der Waals surface area contributed by atoms with Crippen LogP contribution in [0.1, 0.15) is 18.1 Å². The lowest BCUT2D eigenvalue weighted by molar-refractivity contribution is 1.27. The first-order valence-electron chi connectivity index (χ1n) is 7.37. The zero-order chi connectivity index (χ0) is 17.0. The first-order chi connectivity index (χ1) is 11.0. The number of aliphatic imine (C=N–C) groups is 3. The highest BCUT2D eigenvalue weighted by molar-refractivity contribution is 6.13. The highest BCUT2D eigenvalue weighted by Gasteiger charge is 2.12. The normalized spacial score (nSPS) is 16.5. The summed E-state index contributed by atoms with van der Waals surface area (Å²) in [5.41, 5.74) is 7.54. The second kappa shape index (κ2) is 6.97. The second-order valence-corrected chi connectivity index (χ2v) is 5.48. The molecule has 1 aromatic carbocycles. The van der Waals surface area contributed by atoms with E-state index in [4.69, 9.17) is 4.99 Å². The Balaban J connectivity index is 2.43. The summed E-state index contributed by atoms with van der Waals surface area (Å²) in [7, 11) is 0. The lowest BCUT2D eigenvalue weighted by Crippen LogP contribution is -2.04. The van der Waals surface area contributed by atoms with E-state index < -0.39 is 0 Å². The molecule has 0 spiro atoms. The minimum Gasteiger partial charge on any atom is -0.264 e. The predicted octanol–water partition coefficient (Wildman–Crippen LogP) is 5.36. The molecule has 0 aromatic heterocycles. The van der Waals surface area contributed by atoms with Crippen molar-refractivity contribution in [3.8, 4) is 0 Å². The van der Waals surface area contributed by atoms with E-state index >= 15 is 0 Å². The first-order valence-corrected chi connectivity index (χ1v) is 7.37. The summed E-state index contributed by atoms with van der Waals surface area (Å²) in [6.45, 7) is 17.4. The van der Waals surface area contributed by atoms with Crippen LogP contribution in [0.4, 0.5) is 11.4 Å². The number of aryl methyl sites for hydroxylation is 2. The van der Waals surface area contributed by atoms with Crippen molar-refractivity contribution in [2.45, 2.75) is 20.8 Å². The Morgan fingerprint density at radius 1 is 1.00 bits per heavy atom. The first kappa shape index (κ1) is 16.6. The Bertz CT molecular complexity index is 802. The number of hydrogen-bond acceptors (Lipinski definition) is 3. The average Bonchev–Trinajstić information content (AvgIpc) is 2.52. The van der Waals surface area contributed by atoms with Crippen LogP contribution in [0, 0.1) is 13.8 Å². The lowest BCUT2D eigenvalue weighted by atomic mass is 9.99. The molecule has 2 rings (SSSR count). The van der Waals surface area contributed by atoms with E-state index in [0.717, 1.165) is 45.1 Å². The lowest BCUT2D eigenvalue weighted by Gasteiger charge is -2.13. The smallest absolute Gasteiger partial charge is 0.0707 e. The highest BCUT2D eigenvalue weighted by atomic mass is 14.8. The Kier molecular flexibility index (Phi) is 5.02. The van der Waals surface area contributed by atoms with E-state index in [1.54, 1.807) is 12.3 Å². The standard InChI is InChI=1S/C20H21N3/c1-7-8-22-18-10-16(5)20(12-14(18)3)23-19-11-13(2)17(21-6)9-15(19)4/h7-12H,1,5-6H2,2-4H3/b22-8?,23-20-. The zero-order valence-electron chi connectivity index (χ0n) is 13.9. The molecule has 0 saturated heterocycles. The van der Waals surface area contributed by atoms with Gasteiger partial charge in [0.05, 0.1) is 22.8 Å². The molecule has 0 bridgehead atoms. The van der Waals surface area contributed by atoms with Crippen molar-refractivity contribution in [1.29, 1.82) is 0 Å². The Morgan fingerprint density at radius 3 is 2.30 bits per heavy atom. The highest BCUT2D eigenvalue weighted by Crippen LogP contribution is 2.30. The van der Waals surface area contributed by atoms with Gasteiger partial charge in [-0.1, -0.05) is 19.2 Å². The van der Waals surface area contributed by atoms with Crippen LogP contribution in [-0.2, 0) is 0 Å². The summed E-state index contributed by atoms with van der Waals surface area (Å²) in [5, 5.41) is 0. The molecule has 0 atom stereocenters. The van der Waals surface area contributed by atoms with E-state index in [-0.39, 0.29) is 0 Å². The van der Waals surface area contributed by atoms with Crippen molar-refractivity contribution in [3.63, 3.8) is 0 Å². The quantitative estimate of drug-likeness (QED) is 0.671. The second-order valence-electron chi connectivity index (χ2n) is 5.48. The molecule has 1 aliphatic carbocycles. The number of hydrogen-bond donors (Lipinski definition) is 0. The van der Waals surface area contributed by atoms with Crippen LogP contribution in [0.2, 0.25) is 0 Å². The van der Waals surface area contributed by atoms with Crippen molar-refractivity contribution in [1.82, 2.24) is 0 Å². The van der Waals surface area contributed by atoms with Crippen LogP contribution < -0.4 is 0 Å². The third-order valence-corrected chi connectivity index (χ3v) is 3.64. The van der Waals surface area contributed by atoms with Gasteiger partial charge in [0.2, 0.25) is 0 Å². The van der Waals surface area contributed by atoms with Crippen LogP contribution >= 0.6 is 0 Å². The van der Waals surface area contributed by atoms with Gasteiger partial charge in [0, 0.05) is 6.21 Å². The summed E-state index contributed by atoms with van der Waals surface area (Å²) in [6.07, 6.45) is 7.28. The van der Waals surface area contributed by atoms with E-state index in [2.05, 4.69) is 29.9 Å². The van der Waals surface area contributed by atoms with Gasteiger partial charge in [-0.05, 0) is 74.0 Å². The molecule has 0 radical (unpaired) electrons. The summed E-state index contributed by atoms with van der Waals surface area (Å²) in [5.74, 6) is 0. The van der Waals surface area contributed by atoms with Crippen molar-refractivity contribution < 1.29 is 0 Å². The molecule has 0 amide bonds. The molecule has 0 fully saturated rings. The van der Waals surface area contributed by atoms with Crippen LogP contribution in [0.5, 0.6) is 0 Å². The van der Waals surface area contributed by atoms with Gasteiger partial charge >= 0.3 is 0 Å². The third-order valence-electron chi connectivity index (χ3n) is 3.64. The maximum atomic E-state index is 4.76. The Morgan fingerprint density at radius 2 is 1.65 bits per heavy atom. The van der Waals surface area contributed by atoms with Gasteiger partial charge in [-0.3, -0.25) is 9.98 Å². The number of benzene rings is 1. The van der Waals surface area contributed by atoms with Gasteiger partial charge in [-0.2, -0.15) is 0 Å². The fraction of sp³-hybridized carbons (Fsp3) is 0.150. The topological polar surface area (TPSA) is 37.1 Å². The van der Waals surface area contributed by atoms with Gasteiger partial charge in [0.15, 0.2) is 0 Å². The van der Waals surface area contributed by atoms with Crippen LogP contribution in [0.15, 0.2) is 75.3 Å². The van der Waals surface area contributed by atoms with Gasteiger partial charge in [-0.25, -0.2) is 4.99 Å². The summed E-state index contributed by atoms with van der Waals surface area (Å²) in [4.78, 5) is 13.1. The molecule has 1 aromatic rings. The molecule has 0 heterocycles. The molecule has 0 unspecified atom stereocenters. The Hall–Kier alpha value is -2.81. The summed E-state index contributed by atoms with van der Waals surface area (Å²) < 4.78 is 0. The van der Waals surface area contributed by atoms with E-state index in [1.165, 1.54) is 0 Å².